The van der Waals surface area contributed by atoms with E-state index in [1.165, 1.54) is 83.1 Å². The molecule has 0 aliphatic carbocycles. The summed E-state index contributed by atoms with van der Waals surface area (Å²) in [6.07, 6.45) is -6.85. The van der Waals surface area contributed by atoms with Crippen LogP contribution in [0.2, 0.25) is 0 Å². The second-order valence-corrected chi connectivity index (χ2v) is 12.8. The van der Waals surface area contributed by atoms with Crippen LogP contribution in [0.15, 0.2) is 16.0 Å². The third-order valence-electron chi connectivity index (χ3n) is 3.96. The summed E-state index contributed by atoms with van der Waals surface area (Å²) in [7, 11) is 0. The minimum Gasteiger partial charge on any atom is -0.464 e. The second kappa shape index (κ2) is 12.6. The van der Waals surface area contributed by atoms with Gasteiger partial charge in [-0.3, -0.25) is 0 Å². The molecule has 1 rings (SSSR count). The number of nitrogens with zero attached hydrogens (tertiary/aromatic N) is 4. The summed E-state index contributed by atoms with van der Waals surface area (Å²) in [6.45, 7) is 17.8. The molecule has 0 spiro atoms. The number of nitrogens with one attached hydrogen (secondary N) is 1. The first-order chi connectivity index (χ1) is 18.7. The standard InChI is InChI=1S/C26H39N5O11/c1-23(2,3)39-18(33)29-16(30(19(34)35)20(36)40-24(4,5)6)14-13-27-17(32)28-15(14)31(21(37)41-25(7,8)9)22(38)42-26(10,11)12/h13H,1-12H3,(H,34,35)(H,27,28,32). The molecule has 16 heteroatoms. The molecule has 5 amide bonds. The Morgan fingerprint density at radius 2 is 1.14 bits per heavy atom. The molecule has 42 heavy (non-hydrogen) atoms. The van der Waals surface area contributed by atoms with Crippen molar-refractivity contribution in [2.75, 3.05) is 4.90 Å². The van der Waals surface area contributed by atoms with Gasteiger partial charge in [-0.15, -0.1) is 0 Å². The van der Waals surface area contributed by atoms with E-state index in [1.807, 2.05) is 0 Å². The van der Waals surface area contributed by atoms with Gasteiger partial charge in [-0.25, -0.2) is 28.8 Å². The lowest BCUT2D eigenvalue weighted by molar-refractivity contribution is 0.0375. The predicted octanol–water partition coefficient (Wildman–Crippen LogP) is 5.04. The normalized spacial score (nSPS) is 12.6. The number of ether oxygens (including phenoxy) is 4. The van der Waals surface area contributed by atoms with Crippen molar-refractivity contribution in [2.24, 2.45) is 4.99 Å². The zero-order valence-electron chi connectivity index (χ0n) is 25.9. The number of imide groups is 2. The van der Waals surface area contributed by atoms with Gasteiger partial charge in [0.2, 0.25) is 0 Å². The maximum absolute atomic E-state index is 13.3. The summed E-state index contributed by atoms with van der Waals surface area (Å²) >= 11 is 0. The van der Waals surface area contributed by atoms with Gasteiger partial charge in [0.25, 0.3) is 0 Å². The first-order valence-electron chi connectivity index (χ1n) is 12.6. The molecule has 0 atom stereocenters. The summed E-state index contributed by atoms with van der Waals surface area (Å²) in [5.74, 6) is -1.90. The largest absolute Gasteiger partial charge is 0.464 e. The van der Waals surface area contributed by atoms with Gasteiger partial charge in [0, 0.05) is 6.20 Å². The molecular formula is C26H39N5O11. The minimum absolute atomic E-state index is 0.0731. The van der Waals surface area contributed by atoms with Gasteiger partial charge >= 0.3 is 36.2 Å². The highest BCUT2D eigenvalue weighted by Gasteiger charge is 2.40. The maximum Gasteiger partial charge on any atom is 0.436 e. The van der Waals surface area contributed by atoms with Gasteiger partial charge in [0.1, 0.15) is 22.4 Å². The number of hydrogen-bond donors (Lipinski definition) is 2. The number of hydrogen-bond acceptors (Lipinski definition) is 11. The lowest BCUT2D eigenvalue weighted by Gasteiger charge is -2.29. The quantitative estimate of drug-likeness (QED) is 0.261. The summed E-state index contributed by atoms with van der Waals surface area (Å²) in [5, 5.41) is 10.0. The van der Waals surface area contributed by atoms with E-state index >= 15 is 0 Å². The molecular weight excluding hydrogens is 558 g/mol. The van der Waals surface area contributed by atoms with Crippen molar-refractivity contribution in [3.8, 4) is 0 Å². The van der Waals surface area contributed by atoms with E-state index in [9.17, 15) is 33.9 Å². The third kappa shape index (κ3) is 11.5. The highest BCUT2D eigenvalue weighted by molar-refractivity contribution is 6.21. The molecule has 0 saturated carbocycles. The van der Waals surface area contributed by atoms with E-state index < -0.39 is 75.8 Å². The number of aliphatic imine (C=N–C) groups is 1. The number of carboxylic acid groups (broad SMARTS) is 1. The van der Waals surface area contributed by atoms with Crippen molar-refractivity contribution in [1.29, 1.82) is 0 Å². The minimum atomic E-state index is -1.98. The Bertz CT molecular complexity index is 1280. The van der Waals surface area contributed by atoms with Crippen LogP contribution in [-0.2, 0) is 18.9 Å². The van der Waals surface area contributed by atoms with Crippen LogP contribution in [0.5, 0.6) is 0 Å². The topological polar surface area (TPSA) is 207 Å². The number of amides is 5. The van der Waals surface area contributed by atoms with Crippen LogP contribution in [0.25, 0.3) is 0 Å². The monoisotopic (exact) mass is 597 g/mol. The number of carbonyl (C=O) groups is 5. The summed E-state index contributed by atoms with van der Waals surface area (Å²) < 4.78 is 21.0. The fourth-order valence-corrected chi connectivity index (χ4v) is 2.75. The van der Waals surface area contributed by atoms with Crippen molar-refractivity contribution < 1.29 is 48.0 Å². The van der Waals surface area contributed by atoms with Crippen LogP contribution >= 0.6 is 0 Å². The van der Waals surface area contributed by atoms with Crippen LogP contribution in [-0.4, -0.2) is 78.7 Å². The van der Waals surface area contributed by atoms with E-state index in [2.05, 4.69) is 15.0 Å². The fourth-order valence-electron chi connectivity index (χ4n) is 2.75. The van der Waals surface area contributed by atoms with Crippen molar-refractivity contribution in [2.45, 2.75) is 105 Å². The summed E-state index contributed by atoms with van der Waals surface area (Å²) in [6, 6.07) is 0. The van der Waals surface area contributed by atoms with E-state index in [0.717, 1.165) is 6.20 Å². The first-order valence-corrected chi connectivity index (χ1v) is 12.6. The van der Waals surface area contributed by atoms with Crippen LogP contribution in [0.4, 0.5) is 29.8 Å². The number of aromatic amines is 1. The Morgan fingerprint density at radius 1 is 0.738 bits per heavy atom. The summed E-state index contributed by atoms with van der Waals surface area (Å²) in [4.78, 5) is 86.9. The number of carbonyl (C=O) groups excluding carboxylic acids is 4. The first kappa shape index (κ1) is 35.5. The van der Waals surface area contributed by atoms with Gasteiger partial charge < -0.3 is 29.0 Å². The highest BCUT2D eigenvalue weighted by atomic mass is 16.6. The molecule has 1 aromatic rings. The fraction of sp³-hybridized carbons (Fsp3) is 0.615. The molecule has 0 aliphatic rings. The number of anilines is 1. The average Bonchev–Trinajstić information content (AvgIpc) is 2.67. The number of amidine groups is 1. The molecule has 0 aliphatic heterocycles. The Balaban J connectivity index is 4.17. The predicted molar refractivity (Wildman–Crippen MR) is 149 cm³/mol. The van der Waals surface area contributed by atoms with E-state index in [-0.39, 0.29) is 9.80 Å². The zero-order valence-corrected chi connectivity index (χ0v) is 25.9. The van der Waals surface area contributed by atoms with Crippen LogP contribution < -0.4 is 10.6 Å². The number of rotatable bonds is 2. The van der Waals surface area contributed by atoms with Crippen molar-refractivity contribution in [1.82, 2.24) is 14.9 Å². The Hall–Kier alpha value is -4.50. The molecule has 1 aromatic heterocycles. The van der Waals surface area contributed by atoms with Crippen molar-refractivity contribution >= 4 is 42.1 Å². The summed E-state index contributed by atoms with van der Waals surface area (Å²) in [5.41, 5.74) is -6.44. The van der Waals surface area contributed by atoms with Gasteiger partial charge in [-0.2, -0.15) is 19.8 Å². The van der Waals surface area contributed by atoms with Gasteiger partial charge in [0.15, 0.2) is 11.7 Å². The molecule has 0 unspecified atom stereocenters. The molecule has 2 N–H and O–H groups in total. The van der Waals surface area contributed by atoms with E-state index in [4.69, 9.17) is 18.9 Å². The molecule has 16 nitrogen and oxygen atoms in total. The molecule has 0 saturated heterocycles. The van der Waals surface area contributed by atoms with Crippen molar-refractivity contribution in [3.05, 3.63) is 22.2 Å². The molecule has 234 valence electrons. The average molecular weight is 598 g/mol. The number of aromatic nitrogens is 2. The lowest BCUT2D eigenvalue weighted by Crippen LogP contribution is -2.48. The van der Waals surface area contributed by atoms with Gasteiger partial charge in [-0.05, 0) is 83.1 Å². The van der Waals surface area contributed by atoms with Crippen LogP contribution in [0.1, 0.15) is 88.6 Å². The zero-order chi connectivity index (χ0) is 33.0. The molecule has 0 radical (unpaired) electrons. The van der Waals surface area contributed by atoms with Crippen LogP contribution in [0, 0.1) is 0 Å². The maximum atomic E-state index is 13.3. The molecule has 0 fully saturated rings. The SMILES string of the molecule is CC(C)(C)OC(=O)N=C(c1c[nH]c(=O)nc1N(C(=O)OC(C)(C)C)C(=O)OC(C)(C)C)N(C(=O)O)C(=O)OC(C)(C)C. The van der Waals surface area contributed by atoms with E-state index in [0.29, 0.717) is 0 Å². The third-order valence-corrected chi connectivity index (χ3v) is 3.96. The lowest BCUT2D eigenvalue weighted by atomic mass is 10.2. The second-order valence-electron chi connectivity index (χ2n) is 12.8. The van der Waals surface area contributed by atoms with Crippen LogP contribution in [0.3, 0.4) is 0 Å². The highest BCUT2D eigenvalue weighted by Crippen LogP contribution is 2.25. The van der Waals surface area contributed by atoms with E-state index in [1.54, 1.807) is 0 Å². The Labute approximate surface area is 243 Å². The van der Waals surface area contributed by atoms with Gasteiger partial charge in [0.05, 0.1) is 5.56 Å². The molecule has 0 bridgehead atoms. The van der Waals surface area contributed by atoms with Crippen molar-refractivity contribution in [3.63, 3.8) is 0 Å². The molecule has 1 heterocycles. The smallest absolute Gasteiger partial charge is 0.436 e. The van der Waals surface area contributed by atoms with Gasteiger partial charge in [-0.1, -0.05) is 0 Å². The Kier molecular flexibility index (Phi) is 10.6. The Morgan fingerprint density at radius 3 is 1.52 bits per heavy atom. The molecule has 0 aromatic carbocycles. The number of H-pyrrole nitrogens is 1.